The van der Waals surface area contributed by atoms with Gasteiger partial charge in [-0.3, -0.25) is 0 Å². The number of anilines is 1. The molecule has 0 fully saturated rings. The Morgan fingerprint density at radius 2 is 2.06 bits per heavy atom. The van der Waals surface area contributed by atoms with Gasteiger partial charge in [0.05, 0.1) is 5.56 Å². The van der Waals surface area contributed by atoms with Crippen LogP contribution in [0.3, 0.4) is 0 Å². The molecule has 0 saturated carbocycles. The highest BCUT2D eigenvalue weighted by molar-refractivity contribution is 9.10. The molecule has 0 aliphatic heterocycles. The van der Waals surface area contributed by atoms with E-state index in [4.69, 9.17) is 10.5 Å². The van der Waals surface area contributed by atoms with Crippen LogP contribution >= 0.6 is 15.9 Å². The van der Waals surface area contributed by atoms with Crippen LogP contribution in [0.25, 0.3) is 0 Å². The molecule has 1 heterocycles. The molecule has 0 saturated heterocycles. The molecule has 1 aromatic carbocycles. The van der Waals surface area contributed by atoms with E-state index in [0.717, 1.165) is 15.6 Å². The minimum atomic E-state index is 0.443. The molecular formula is C12H12BrN3O. The summed E-state index contributed by atoms with van der Waals surface area (Å²) in [6.45, 7) is 2.28. The summed E-state index contributed by atoms with van der Waals surface area (Å²) in [6, 6.07) is 7.88. The molecule has 2 rings (SSSR count). The standard InChI is InChI=1S/C12H12BrN3O/c1-8-11(14)15-7-16-12(8)17-6-9-4-2-3-5-10(9)13/h2-5,7H,6H2,1H3,(H2,14,15,16). The zero-order chi connectivity index (χ0) is 12.3. The van der Waals surface area contributed by atoms with E-state index < -0.39 is 0 Å². The lowest BCUT2D eigenvalue weighted by Crippen LogP contribution is -2.03. The maximum Gasteiger partial charge on any atom is 0.221 e. The van der Waals surface area contributed by atoms with E-state index >= 15 is 0 Å². The first-order chi connectivity index (χ1) is 8.18. The number of benzene rings is 1. The summed E-state index contributed by atoms with van der Waals surface area (Å²) >= 11 is 3.47. The van der Waals surface area contributed by atoms with Crippen LogP contribution in [0.5, 0.6) is 5.88 Å². The van der Waals surface area contributed by atoms with Gasteiger partial charge in [0.2, 0.25) is 5.88 Å². The minimum Gasteiger partial charge on any atom is -0.472 e. The van der Waals surface area contributed by atoms with Crippen LogP contribution in [-0.2, 0) is 6.61 Å². The van der Waals surface area contributed by atoms with Crippen LogP contribution in [0.1, 0.15) is 11.1 Å². The van der Waals surface area contributed by atoms with E-state index in [1.807, 2.05) is 31.2 Å². The van der Waals surface area contributed by atoms with Gasteiger partial charge in [-0.2, -0.15) is 0 Å². The van der Waals surface area contributed by atoms with Crippen molar-refractivity contribution in [2.45, 2.75) is 13.5 Å². The average Bonchev–Trinajstić information content (AvgIpc) is 2.33. The van der Waals surface area contributed by atoms with Crippen LogP contribution in [0.4, 0.5) is 5.82 Å². The molecule has 1 aromatic heterocycles. The molecule has 0 spiro atoms. The molecule has 17 heavy (non-hydrogen) atoms. The lowest BCUT2D eigenvalue weighted by atomic mass is 10.2. The van der Waals surface area contributed by atoms with Gasteiger partial charge in [0.15, 0.2) is 0 Å². The van der Waals surface area contributed by atoms with Crippen molar-refractivity contribution < 1.29 is 4.74 Å². The summed E-state index contributed by atoms with van der Waals surface area (Å²) < 4.78 is 6.64. The van der Waals surface area contributed by atoms with Crippen molar-refractivity contribution in [3.05, 3.63) is 46.2 Å². The number of nitrogen functional groups attached to an aromatic ring is 1. The van der Waals surface area contributed by atoms with E-state index in [1.165, 1.54) is 6.33 Å². The third-order valence-corrected chi connectivity index (χ3v) is 3.17. The maximum absolute atomic E-state index is 5.68. The fraction of sp³-hybridized carbons (Fsp3) is 0.167. The van der Waals surface area contributed by atoms with E-state index in [-0.39, 0.29) is 0 Å². The summed E-state index contributed by atoms with van der Waals surface area (Å²) in [4.78, 5) is 7.94. The van der Waals surface area contributed by atoms with Crippen molar-refractivity contribution in [2.75, 3.05) is 5.73 Å². The molecule has 0 aliphatic rings. The fourth-order valence-electron chi connectivity index (χ4n) is 1.35. The topological polar surface area (TPSA) is 61.0 Å². The zero-order valence-corrected chi connectivity index (χ0v) is 10.9. The van der Waals surface area contributed by atoms with Crippen molar-refractivity contribution in [2.24, 2.45) is 0 Å². The Bertz CT molecular complexity index is 531. The Labute approximate surface area is 108 Å². The van der Waals surface area contributed by atoms with E-state index in [1.54, 1.807) is 0 Å². The third kappa shape index (κ3) is 2.74. The second kappa shape index (κ2) is 5.14. The molecule has 4 nitrogen and oxygen atoms in total. The second-order valence-corrected chi connectivity index (χ2v) is 4.42. The van der Waals surface area contributed by atoms with Crippen LogP contribution in [0, 0.1) is 6.92 Å². The van der Waals surface area contributed by atoms with Crippen LogP contribution < -0.4 is 10.5 Å². The summed E-state index contributed by atoms with van der Waals surface area (Å²) in [7, 11) is 0. The Kier molecular flexibility index (Phi) is 3.58. The minimum absolute atomic E-state index is 0.443. The highest BCUT2D eigenvalue weighted by atomic mass is 79.9. The molecule has 2 N–H and O–H groups in total. The maximum atomic E-state index is 5.68. The number of halogens is 1. The monoisotopic (exact) mass is 293 g/mol. The fourth-order valence-corrected chi connectivity index (χ4v) is 1.75. The zero-order valence-electron chi connectivity index (χ0n) is 9.35. The normalized spacial score (nSPS) is 10.2. The van der Waals surface area contributed by atoms with E-state index in [2.05, 4.69) is 25.9 Å². The molecule has 88 valence electrons. The van der Waals surface area contributed by atoms with Crippen molar-refractivity contribution >= 4 is 21.7 Å². The van der Waals surface area contributed by atoms with Crippen LogP contribution in [0.15, 0.2) is 35.1 Å². The SMILES string of the molecule is Cc1c(N)ncnc1OCc1ccccc1Br. The molecule has 0 unspecified atom stereocenters. The quantitative estimate of drug-likeness (QED) is 0.945. The molecule has 0 aliphatic carbocycles. The third-order valence-electron chi connectivity index (χ3n) is 2.40. The Morgan fingerprint density at radius 1 is 1.29 bits per heavy atom. The first kappa shape index (κ1) is 11.9. The lowest BCUT2D eigenvalue weighted by Gasteiger charge is -2.09. The summed E-state index contributed by atoms with van der Waals surface area (Å²) in [5, 5.41) is 0. The van der Waals surface area contributed by atoms with Gasteiger partial charge in [-0.1, -0.05) is 34.1 Å². The summed E-state index contributed by atoms with van der Waals surface area (Å²) in [5.41, 5.74) is 7.50. The molecule has 0 atom stereocenters. The molecule has 0 radical (unpaired) electrons. The number of hydrogen-bond acceptors (Lipinski definition) is 4. The van der Waals surface area contributed by atoms with Gasteiger partial charge < -0.3 is 10.5 Å². The first-order valence-electron chi connectivity index (χ1n) is 5.11. The van der Waals surface area contributed by atoms with E-state index in [0.29, 0.717) is 18.3 Å². The van der Waals surface area contributed by atoms with Gasteiger partial charge in [-0.05, 0) is 13.0 Å². The summed E-state index contributed by atoms with van der Waals surface area (Å²) in [5.74, 6) is 0.968. The van der Waals surface area contributed by atoms with Gasteiger partial charge in [-0.25, -0.2) is 9.97 Å². The highest BCUT2D eigenvalue weighted by Crippen LogP contribution is 2.21. The van der Waals surface area contributed by atoms with Gasteiger partial charge in [0.1, 0.15) is 18.8 Å². The van der Waals surface area contributed by atoms with Crippen molar-refractivity contribution in [1.29, 1.82) is 0 Å². The van der Waals surface area contributed by atoms with Crippen LogP contribution in [-0.4, -0.2) is 9.97 Å². The highest BCUT2D eigenvalue weighted by Gasteiger charge is 2.06. The number of nitrogens with two attached hydrogens (primary N) is 1. The number of nitrogens with zero attached hydrogens (tertiary/aromatic N) is 2. The van der Waals surface area contributed by atoms with Crippen molar-refractivity contribution in [1.82, 2.24) is 9.97 Å². The number of ether oxygens (including phenoxy) is 1. The number of aromatic nitrogens is 2. The number of rotatable bonds is 3. The number of hydrogen-bond donors (Lipinski definition) is 1. The molecular weight excluding hydrogens is 282 g/mol. The first-order valence-corrected chi connectivity index (χ1v) is 5.91. The van der Waals surface area contributed by atoms with E-state index in [9.17, 15) is 0 Å². The van der Waals surface area contributed by atoms with Crippen molar-refractivity contribution in [3.63, 3.8) is 0 Å². The Balaban J connectivity index is 2.13. The second-order valence-electron chi connectivity index (χ2n) is 3.57. The van der Waals surface area contributed by atoms with Crippen molar-refractivity contribution in [3.8, 4) is 5.88 Å². The smallest absolute Gasteiger partial charge is 0.221 e. The Hall–Kier alpha value is -1.62. The lowest BCUT2D eigenvalue weighted by molar-refractivity contribution is 0.290. The molecule has 0 amide bonds. The predicted octanol–water partition coefficient (Wildman–Crippen LogP) is 2.71. The Morgan fingerprint density at radius 3 is 2.82 bits per heavy atom. The summed E-state index contributed by atoms with van der Waals surface area (Å²) in [6.07, 6.45) is 1.40. The average molecular weight is 294 g/mol. The van der Waals surface area contributed by atoms with Gasteiger partial charge >= 0.3 is 0 Å². The van der Waals surface area contributed by atoms with Crippen LogP contribution in [0.2, 0.25) is 0 Å². The largest absolute Gasteiger partial charge is 0.472 e. The molecule has 2 aromatic rings. The van der Waals surface area contributed by atoms with Gasteiger partial charge in [-0.15, -0.1) is 0 Å². The molecule has 0 bridgehead atoms. The van der Waals surface area contributed by atoms with Gasteiger partial charge in [0.25, 0.3) is 0 Å². The van der Waals surface area contributed by atoms with Gasteiger partial charge in [0, 0.05) is 10.0 Å². The molecule has 5 heteroatoms. The predicted molar refractivity (Wildman–Crippen MR) is 69.7 cm³/mol.